The molecule has 2 aromatic heterocycles. The number of carbonyl (C=O) groups is 1. The molecule has 1 saturated heterocycles. The fraction of sp³-hybridized carbons (Fsp3) is 0.350. The molecule has 0 spiro atoms. The summed E-state index contributed by atoms with van der Waals surface area (Å²) in [5.74, 6) is 0.108. The summed E-state index contributed by atoms with van der Waals surface area (Å²) in [6, 6.07) is 6.24. The third kappa shape index (κ3) is 2.72. The third-order valence-electron chi connectivity index (χ3n) is 5.09. The van der Waals surface area contributed by atoms with Gasteiger partial charge in [-0.1, -0.05) is 11.6 Å². The number of amides is 1. The highest BCUT2D eigenvalue weighted by Gasteiger charge is 2.33. The molecule has 0 N–H and O–H groups in total. The SMILES string of the molecule is Cc1ccc2nc(C)c(C)c(C(=O)N3CCCC3c3nccs3)c2c1. The maximum atomic E-state index is 13.5. The van der Waals surface area contributed by atoms with E-state index in [-0.39, 0.29) is 11.9 Å². The van der Waals surface area contributed by atoms with Gasteiger partial charge in [-0.05, 0) is 51.3 Å². The molecule has 0 radical (unpaired) electrons. The number of pyridine rings is 1. The second-order valence-electron chi connectivity index (χ2n) is 6.74. The summed E-state index contributed by atoms with van der Waals surface area (Å²) in [5.41, 5.74) is 4.73. The van der Waals surface area contributed by atoms with E-state index in [0.717, 1.165) is 57.7 Å². The summed E-state index contributed by atoms with van der Waals surface area (Å²) in [7, 11) is 0. The molecular formula is C20H21N3OS. The lowest BCUT2D eigenvalue weighted by Crippen LogP contribution is -2.31. The van der Waals surface area contributed by atoms with E-state index >= 15 is 0 Å². The van der Waals surface area contributed by atoms with Gasteiger partial charge < -0.3 is 4.90 Å². The van der Waals surface area contributed by atoms with Crippen molar-refractivity contribution in [1.29, 1.82) is 0 Å². The molecule has 25 heavy (non-hydrogen) atoms. The topological polar surface area (TPSA) is 46.1 Å². The maximum absolute atomic E-state index is 13.5. The first-order valence-corrected chi connectivity index (χ1v) is 9.52. The van der Waals surface area contributed by atoms with Crippen LogP contribution in [-0.2, 0) is 0 Å². The van der Waals surface area contributed by atoms with Gasteiger partial charge in [-0.2, -0.15) is 0 Å². The van der Waals surface area contributed by atoms with Gasteiger partial charge in [-0.3, -0.25) is 9.78 Å². The summed E-state index contributed by atoms with van der Waals surface area (Å²) < 4.78 is 0. The van der Waals surface area contributed by atoms with Gasteiger partial charge in [0.15, 0.2) is 0 Å². The number of carbonyl (C=O) groups excluding carboxylic acids is 1. The van der Waals surface area contributed by atoms with Gasteiger partial charge in [0.2, 0.25) is 0 Å². The number of likely N-dealkylation sites (tertiary alicyclic amines) is 1. The van der Waals surface area contributed by atoms with Gasteiger partial charge in [-0.15, -0.1) is 11.3 Å². The van der Waals surface area contributed by atoms with Crippen molar-refractivity contribution in [2.45, 2.75) is 39.7 Å². The molecule has 128 valence electrons. The van der Waals surface area contributed by atoms with Crippen LogP contribution in [0.5, 0.6) is 0 Å². The highest BCUT2D eigenvalue weighted by atomic mass is 32.1. The van der Waals surface area contributed by atoms with Crippen LogP contribution in [0.4, 0.5) is 0 Å². The smallest absolute Gasteiger partial charge is 0.255 e. The molecule has 1 atom stereocenters. The van der Waals surface area contributed by atoms with Crippen LogP contribution in [0.3, 0.4) is 0 Å². The van der Waals surface area contributed by atoms with Crippen molar-refractivity contribution in [3.05, 3.63) is 57.2 Å². The zero-order valence-electron chi connectivity index (χ0n) is 14.7. The Labute approximate surface area is 151 Å². The molecule has 0 saturated carbocycles. The van der Waals surface area contributed by atoms with Gasteiger partial charge in [0, 0.05) is 29.2 Å². The van der Waals surface area contributed by atoms with Crippen LogP contribution in [0.15, 0.2) is 29.8 Å². The van der Waals surface area contributed by atoms with E-state index in [2.05, 4.69) is 23.0 Å². The number of fused-ring (bicyclic) bond motifs is 1. The van der Waals surface area contributed by atoms with Gasteiger partial charge in [0.05, 0.1) is 17.1 Å². The van der Waals surface area contributed by atoms with E-state index in [1.54, 1.807) is 11.3 Å². The Balaban J connectivity index is 1.85. The fourth-order valence-electron chi connectivity index (χ4n) is 3.68. The Morgan fingerprint density at radius 3 is 2.88 bits per heavy atom. The molecule has 4 nitrogen and oxygen atoms in total. The Kier molecular flexibility index (Phi) is 4.04. The number of hydrogen-bond donors (Lipinski definition) is 0. The average molecular weight is 351 g/mol. The van der Waals surface area contributed by atoms with Crippen molar-refractivity contribution < 1.29 is 4.79 Å². The molecule has 1 aliphatic heterocycles. The van der Waals surface area contributed by atoms with Crippen LogP contribution in [0.1, 0.15) is 51.1 Å². The second kappa shape index (κ2) is 6.23. The predicted octanol–water partition coefficient (Wildman–Crippen LogP) is 4.59. The minimum absolute atomic E-state index is 0.0974. The monoisotopic (exact) mass is 351 g/mol. The third-order valence-corrected chi connectivity index (χ3v) is 5.97. The zero-order chi connectivity index (χ0) is 17.6. The fourth-order valence-corrected chi connectivity index (χ4v) is 4.46. The van der Waals surface area contributed by atoms with Crippen LogP contribution in [0.2, 0.25) is 0 Å². The van der Waals surface area contributed by atoms with E-state index in [1.165, 1.54) is 0 Å². The first-order valence-electron chi connectivity index (χ1n) is 8.64. The van der Waals surface area contributed by atoms with Crippen LogP contribution < -0.4 is 0 Å². The number of thiazole rings is 1. The summed E-state index contributed by atoms with van der Waals surface area (Å²) >= 11 is 1.63. The lowest BCUT2D eigenvalue weighted by Gasteiger charge is -2.25. The predicted molar refractivity (Wildman–Crippen MR) is 101 cm³/mol. The molecule has 0 bridgehead atoms. The van der Waals surface area contributed by atoms with Crippen molar-refractivity contribution in [3.63, 3.8) is 0 Å². The normalized spacial score (nSPS) is 17.4. The molecule has 1 aliphatic rings. The maximum Gasteiger partial charge on any atom is 0.255 e. The lowest BCUT2D eigenvalue weighted by atomic mass is 9.99. The number of hydrogen-bond acceptors (Lipinski definition) is 4. The van der Waals surface area contributed by atoms with Crippen molar-refractivity contribution in [2.75, 3.05) is 6.54 Å². The van der Waals surface area contributed by atoms with Crippen molar-refractivity contribution in [3.8, 4) is 0 Å². The van der Waals surface area contributed by atoms with Crippen LogP contribution in [0, 0.1) is 20.8 Å². The number of aryl methyl sites for hydroxylation is 2. The quantitative estimate of drug-likeness (QED) is 0.678. The molecule has 1 fully saturated rings. The highest BCUT2D eigenvalue weighted by molar-refractivity contribution is 7.09. The molecule has 3 heterocycles. The summed E-state index contributed by atoms with van der Waals surface area (Å²) in [5, 5.41) is 3.98. The second-order valence-corrected chi connectivity index (χ2v) is 7.67. The van der Waals surface area contributed by atoms with Crippen LogP contribution >= 0.6 is 11.3 Å². The lowest BCUT2D eigenvalue weighted by molar-refractivity contribution is 0.0736. The first kappa shape index (κ1) is 16.2. The first-order chi connectivity index (χ1) is 12.1. The number of rotatable bonds is 2. The van der Waals surface area contributed by atoms with E-state index in [0.29, 0.717) is 0 Å². The molecule has 4 rings (SSSR count). The van der Waals surface area contributed by atoms with Gasteiger partial charge in [0.1, 0.15) is 5.01 Å². The Morgan fingerprint density at radius 1 is 1.28 bits per heavy atom. The molecule has 5 heteroatoms. The van der Waals surface area contributed by atoms with E-state index < -0.39 is 0 Å². The minimum Gasteiger partial charge on any atom is -0.329 e. The van der Waals surface area contributed by atoms with Crippen molar-refractivity contribution in [2.24, 2.45) is 0 Å². The number of aromatic nitrogens is 2. The zero-order valence-corrected chi connectivity index (χ0v) is 15.6. The molecule has 1 unspecified atom stereocenters. The van der Waals surface area contributed by atoms with Gasteiger partial charge in [0.25, 0.3) is 5.91 Å². The highest BCUT2D eigenvalue weighted by Crippen LogP contribution is 2.36. The molecule has 3 aromatic rings. The average Bonchev–Trinajstić information content (AvgIpc) is 3.27. The summed E-state index contributed by atoms with van der Waals surface area (Å²) in [6.45, 7) is 6.83. The molecule has 0 aliphatic carbocycles. The standard InChI is InChI=1S/C20H21N3OS/c1-12-6-7-16-15(11-12)18(13(2)14(3)22-16)20(24)23-9-4-5-17(23)19-21-8-10-25-19/h6-8,10-11,17H,4-5,9H2,1-3H3. The Bertz CT molecular complexity index is 949. The van der Waals surface area contributed by atoms with Crippen molar-refractivity contribution in [1.82, 2.24) is 14.9 Å². The molecule has 1 aromatic carbocycles. The van der Waals surface area contributed by atoms with Crippen LogP contribution in [0.25, 0.3) is 10.9 Å². The Hall–Kier alpha value is -2.27. The summed E-state index contributed by atoms with van der Waals surface area (Å²) in [6.07, 6.45) is 3.83. The summed E-state index contributed by atoms with van der Waals surface area (Å²) in [4.78, 5) is 24.7. The molecule has 1 amide bonds. The Morgan fingerprint density at radius 2 is 2.12 bits per heavy atom. The largest absolute Gasteiger partial charge is 0.329 e. The number of benzene rings is 1. The van der Waals surface area contributed by atoms with E-state index in [4.69, 9.17) is 0 Å². The van der Waals surface area contributed by atoms with E-state index in [9.17, 15) is 4.79 Å². The van der Waals surface area contributed by atoms with Gasteiger partial charge >= 0.3 is 0 Å². The van der Waals surface area contributed by atoms with Gasteiger partial charge in [-0.25, -0.2) is 4.98 Å². The van der Waals surface area contributed by atoms with Crippen molar-refractivity contribution >= 4 is 28.1 Å². The van der Waals surface area contributed by atoms with E-state index in [1.807, 2.05) is 42.5 Å². The molecular weight excluding hydrogens is 330 g/mol. The van der Waals surface area contributed by atoms with Crippen LogP contribution in [-0.4, -0.2) is 27.3 Å². The minimum atomic E-state index is 0.0974. The number of nitrogens with zero attached hydrogens (tertiary/aromatic N) is 3.